The zero-order chi connectivity index (χ0) is 34.3. The lowest BCUT2D eigenvalue weighted by Crippen LogP contribution is -2.38. The summed E-state index contributed by atoms with van der Waals surface area (Å²) in [6.45, 7) is 0. The number of amides is 1. The first-order valence-corrected chi connectivity index (χ1v) is 15.2. The Morgan fingerprint density at radius 1 is 0.673 bits per heavy atom. The van der Waals surface area contributed by atoms with Gasteiger partial charge in [0.1, 0.15) is 28.7 Å². The lowest BCUT2D eigenvalue weighted by molar-refractivity contribution is -0.121. The van der Waals surface area contributed by atoms with E-state index in [9.17, 15) is 4.79 Å². The van der Waals surface area contributed by atoms with Crippen LogP contribution in [0, 0.1) is 0 Å². The quantitative estimate of drug-likeness (QED) is 0.121. The number of hydrogen-bond acceptors (Lipinski definition) is 12. The molecule has 4 aromatic carbocycles. The summed E-state index contributed by atoms with van der Waals surface area (Å²) in [7, 11) is 6.23. The molecule has 0 saturated carbocycles. The van der Waals surface area contributed by atoms with Gasteiger partial charge in [0.15, 0.2) is 5.84 Å². The zero-order valence-electron chi connectivity index (χ0n) is 26.9. The molecule has 0 fully saturated rings. The number of ether oxygens (including phenoxy) is 4. The number of hydrogen-bond donors (Lipinski definition) is 3. The number of amidine groups is 1. The summed E-state index contributed by atoms with van der Waals surface area (Å²) in [5.74, 6) is 2.39. The number of nitrogens with one attached hydrogen (secondary N) is 3. The molecule has 14 heteroatoms. The minimum atomic E-state index is -0.429. The Morgan fingerprint density at radius 3 is 1.76 bits per heavy atom. The van der Waals surface area contributed by atoms with Gasteiger partial charge in [-0.25, -0.2) is 4.99 Å². The van der Waals surface area contributed by atoms with E-state index in [1.165, 1.54) is 5.01 Å². The molecular weight excluding hydrogens is 648 g/mol. The SMILES string of the molecule is COc1ccc(OC)c(Nc2nc(Nc3cc(OC)ccc3OC)nc(NN3C(=O)C(=Cc4ccc(Cl)cc4)N=C3c3ccccc3)n2)c1. The van der Waals surface area contributed by atoms with Crippen molar-refractivity contribution in [2.24, 2.45) is 4.99 Å². The lowest BCUT2D eigenvalue weighted by atomic mass is 10.2. The third kappa shape index (κ3) is 7.47. The van der Waals surface area contributed by atoms with Gasteiger partial charge in [-0.05, 0) is 48.0 Å². The van der Waals surface area contributed by atoms with Crippen molar-refractivity contribution in [1.82, 2.24) is 20.0 Å². The normalized spacial score (nSPS) is 13.2. The number of benzene rings is 4. The molecule has 0 unspecified atom stereocenters. The molecule has 0 atom stereocenters. The van der Waals surface area contributed by atoms with Gasteiger partial charge in [0, 0.05) is 22.7 Å². The molecule has 0 aliphatic carbocycles. The van der Waals surface area contributed by atoms with E-state index in [2.05, 4.69) is 31.0 Å². The molecule has 248 valence electrons. The Hall–Kier alpha value is -6.34. The number of nitrogens with zero attached hydrogens (tertiary/aromatic N) is 5. The Morgan fingerprint density at radius 2 is 1.22 bits per heavy atom. The van der Waals surface area contributed by atoms with Crippen molar-refractivity contribution in [2.75, 3.05) is 44.5 Å². The van der Waals surface area contributed by atoms with E-state index in [0.29, 0.717) is 50.8 Å². The van der Waals surface area contributed by atoms with Gasteiger partial charge in [-0.3, -0.25) is 10.2 Å². The van der Waals surface area contributed by atoms with Crippen LogP contribution in [-0.4, -0.2) is 60.1 Å². The minimum Gasteiger partial charge on any atom is -0.497 e. The fourth-order valence-corrected chi connectivity index (χ4v) is 4.95. The molecule has 6 rings (SSSR count). The van der Waals surface area contributed by atoms with Gasteiger partial charge in [-0.1, -0.05) is 54.1 Å². The van der Waals surface area contributed by atoms with Crippen LogP contribution in [0.15, 0.2) is 102 Å². The molecule has 3 N–H and O–H groups in total. The molecule has 0 bridgehead atoms. The molecule has 0 saturated heterocycles. The summed E-state index contributed by atoms with van der Waals surface area (Å²) in [5.41, 5.74) is 5.75. The number of methoxy groups -OCH3 is 4. The van der Waals surface area contributed by atoms with Crippen molar-refractivity contribution < 1.29 is 23.7 Å². The van der Waals surface area contributed by atoms with Gasteiger partial charge in [-0.2, -0.15) is 20.0 Å². The van der Waals surface area contributed by atoms with Crippen LogP contribution in [0.3, 0.4) is 0 Å². The predicted octanol–water partition coefficient (Wildman–Crippen LogP) is 6.70. The van der Waals surface area contributed by atoms with Gasteiger partial charge >= 0.3 is 0 Å². The van der Waals surface area contributed by atoms with E-state index in [1.54, 1.807) is 95.2 Å². The number of hydrazine groups is 1. The van der Waals surface area contributed by atoms with Crippen LogP contribution in [0.2, 0.25) is 5.02 Å². The molecule has 1 aliphatic heterocycles. The van der Waals surface area contributed by atoms with Crippen molar-refractivity contribution in [3.05, 3.63) is 113 Å². The highest BCUT2D eigenvalue weighted by atomic mass is 35.5. The summed E-state index contributed by atoms with van der Waals surface area (Å²) >= 11 is 6.08. The van der Waals surface area contributed by atoms with Crippen molar-refractivity contribution in [1.29, 1.82) is 0 Å². The Kier molecular flexibility index (Phi) is 9.72. The van der Waals surface area contributed by atoms with Crippen LogP contribution in [0.1, 0.15) is 11.1 Å². The van der Waals surface area contributed by atoms with Crippen molar-refractivity contribution in [2.45, 2.75) is 0 Å². The number of aromatic nitrogens is 3. The Balaban J connectivity index is 1.41. The smallest absolute Gasteiger partial charge is 0.297 e. The molecular formula is C35H31ClN8O5. The summed E-state index contributed by atoms with van der Waals surface area (Å²) in [6.07, 6.45) is 1.68. The van der Waals surface area contributed by atoms with Gasteiger partial charge in [0.2, 0.25) is 17.8 Å². The standard InChI is InChI=1S/C35H31ClN8O5/c1-46-24-14-16-29(48-3)26(19-24)38-33-40-34(39-27-20-25(47-2)15-17-30(27)49-4)42-35(41-33)43-44-31(22-8-6-5-7-9-22)37-28(32(44)45)18-21-10-12-23(36)13-11-21/h5-20H,1-4H3,(H3,38,39,40,41,42,43). The molecule has 0 spiro atoms. The van der Waals surface area contributed by atoms with Crippen LogP contribution in [0.25, 0.3) is 6.08 Å². The van der Waals surface area contributed by atoms with Crippen LogP contribution < -0.4 is 35.0 Å². The van der Waals surface area contributed by atoms with Crippen LogP contribution >= 0.6 is 11.6 Å². The van der Waals surface area contributed by atoms with E-state index in [1.807, 2.05) is 30.3 Å². The lowest BCUT2D eigenvalue weighted by Gasteiger charge is -2.20. The number of anilines is 5. The van der Waals surface area contributed by atoms with Crippen LogP contribution in [0.4, 0.5) is 29.2 Å². The first-order valence-electron chi connectivity index (χ1n) is 14.8. The molecule has 0 radical (unpaired) electrons. The highest BCUT2D eigenvalue weighted by molar-refractivity contribution is 6.30. The third-order valence-corrected chi connectivity index (χ3v) is 7.47. The average Bonchev–Trinajstić information content (AvgIpc) is 3.42. The predicted molar refractivity (Wildman–Crippen MR) is 188 cm³/mol. The molecule has 13 nitrogen and oxygen atoms in total. The minimum absolute atomic E-state index is 0.0217. The second-order valence-corrected chi connectivity index (χ2v) is 10.8. The zero-order valence-corrected chi connectivity index (χ0v) is 27.6. The maximum atomic E-state index is 13.9. The molecule has 49 heavy (non-hydrogen) atoms. The molecule has 5 aromatic rings. The summed E-state index contributed by atoms with van der Waals surface area (Å²) in [4.78, 5) is 32.4. The van der Waals surface area contributed by atoms with E-state index in [0.717, 1.165) is 5.56 Å². The number of carbonyl (C=O) groups excluding carboxylic acids is 1. The fraction of sp³-hybridized carbons (Fsp3) is 0.114. The molecule has 1 amide bonds. The highest BCUT2D eigenvalue weighted by Gasteiger charge is 2.32. The van der Waals surface area contributed by atoms with E-state index in [-0.39, 0.29) is 23.5 Å². The number of aliphatic imine (C=N–C) groups is 1. The third-order valence-electron chi connectivity index (χ3n) is 7.22. The molecule has 1 aromatic heterocycles. The maximum absolute atomic E-state index is 13.9. The number of halogens is 1. The summed E-state index contributed by atoms with van der Waals surface area (Å²) < 4.78 is 21.9. The van der Waals surface area contributed by atoms with Crippen LogP contribution in [0.5, 0.6) is 23.0 Å². The van der Waals surface area contributed by atoms with Crippen LogP contribution in [-0.2, 0) is 4.79 Å². The summed E-state index contributed by atoms with van der Waals surface area (Å²) in [6, 6.07) is 26.9. The maximum Gasteiger partial charge on any atom is 0.297 e. The van der Waals surface area contributed by atoms with Crippen molar-refractivity contribution in [3.8, 4) is 23.0 Å². The second kappa shape index (κ2) is 14.6. The largest absolute Gasteiger partial charge is 0.497 e. The topological polar surface area (TPSA) is 144 Å². The second-order valence-electron chi connectivity index (χ2n) is 10.3. The highest BCUT2D eigenvalue weighted by Crippen LogP contribution is 2.34. The van der Waals surface area contributed by atoms with E-state index >= 15 is 0 Å². The Bertz CT molecular complexity index is 1970. The summed E-state index contributed by atoms with van der Waals surface area (Å²) in [5, 5.41) is 8.24. The number of carbonyl (C=O) groups is 1. The Labute approximate surface area is 287 Å². The fourth-order valence-electron chi connectivity index (χ4n) is 4.82. The van der Waals surface area contributed by atoms with Gasteiger partial charge in [-0.15, -0.1) is 0 Å². The van der Waals surface area contributed by atoms with E-state index < -0.39 is 5.91 Å². The number of rotatable bonds is 12. The first-order chi connectivity index (χ1) is 23.9. The van der Waals surface area contributed by atoms with Gasteiger partial charge < -0.3 is 29.6 Å². The monoisotopic (exact) mass is 678 g/mol. The van der Waals surface area contributed by atoms with E-state index in [4.69, 9.17) is 35.5 Å². The van der Waals surface area contributed by atoms with Crippen molar-refractivity contribution in [3.63, 3.8) is 0 Å². The van der Waals surface area contributed by atoms with Crippen molar-refractivity contribution >= 4 is 58.6 Å². The first kappa shape index (κ1) is 32.6. The molecule has 1 aliphatic rings. The average molecular weight is 679 g/mol. The molecule has 2 heterocycles. The van der Waals surface area contributed by atoms with Gasteiger partial charge in [0.05, 0.1) is 39.8 Å². The van der Waals surface area contributed by atoms with Gasteiger partial charge in [0.25, 0.3) is 5.91 Å².